The number of hydrogen-bond acceptors (Lipinski definition) is 4. The van der Waals surface area contributed by atoms with Gasteiger partial charge in [-0.2, -0.15) is 0 Å². The second-order valence-corrected chi connectivity index (χ2v) is 5.24. The van der Waals surface area contributed by atoms with Gasteiger partial charge in [0, 0.05) is 17.8 Å². The molecule has 0 aliphatic rings. The minimum absolute atomic E-state index is 0.0286. The van der Waals surface area contributed by atoms with Crippen molar-refractivity contribution in [3.05, 3.63) is 45.9 Å². The van der Waals surface area contributed by atoms with Gasteiger partial charge in [-0.3, -0.25) is 4.79 Å². The quantitative estimate of drug-likeness (QED) is 0.881. The number of carbonyl (C=O) groups excluding carboxylic acids is 1. The molecule has 0 aliphatic heterocycles. The number of aromatic hydroxyl groups is 1. The van der Waals surface area contributed by atoms with E-state index in [2.05, 4.69) is 10.3 Å². The molecule has 4 nitrogen and oxygen atoms in total. The summed E-state index contributed by atoms with van der Waals surface area (Å²) in [6.45, 7) is 2.45. The van der Waals surface area contributed by atoms with Crippen LogP contribution in [0.1, 0.15) is 22.6 Å². The van der Waals surface area contributed by atoms with Crippen LogP contribution in [0.5, 0.6) is 5.75 Å². The first-order valence-electron chi connectivity index (χ1n) is 6.08. The van der Waals surface area contributed by atoms with Crippen LogP contribution in [0.15, 0.2) is 29.8 Å². The van der Waals surface area contributed by atoms with E-state index >= 15 is 0 Å². The molecule has 0 unspecified atom stereocenters. The van der Waals surface area contributed by atoms with Crippen molar-refractivity contribution in [2.45, 2.75) is 26.3 Å². The first-order chi connectivity index (χ1) is 9.15. The van der Waals surface area contributed by atoms with Crippen molar-refractivity contribution in [3.8, 4) is 5.75 Å². The predicted octanol–water partition coefficient (Wildman–Crippen LogP) is 2.41. The Bertz CT molecular complexity index is 549. The highest BCUT2D eigenvalue weighted by Crippen LogP contribution is 2.14. The summed E-state index contributed by atoms with van der Waals surface area (Å²) in [5.74, 6) is 0.261. The zero-order valence-corrected chi connectivity index (χ0v) is 11.5. The van der Waals surface area contributed by atoms with Crippen molar-refractivity contribution >= 4 is 17.2 Å². The Kier molecular flexibility index (Phi) is 4.52. The van der Waals surface area contributed by atoms with Gasteiger partial charge in [0.05, 0.1) is 11.2 Å². The molecule has 5 heteroatoms. The Labute approximate surface area is 116 Å². The number of nitrogens with zero attached hydrogens (tertiary/aromatic N) is 1. The lowest BCUT2D eigenvalue weighted by molar-refractivity contribution is -0.121. The molecule has 0 fully saturated rings. The van der Waals surface area contributed by atoms with Crippen LogP contribution in [0, 0.1) is 6.92 Å². The van der Waals surface area contributed by atoms with Crippen LogP contribution in [-0.2, 0) is 17.8 Å². The number of thiazole rings is 1. The van der Waals surface area contributed by atoms with Crippen molar-refractivity contribution < 1.29 is 9.90 Å². The molecular weight excluding hydrogens is 260 g/mol. The number of aromatic nitrogens is 1. The lowest BCUT2D eigenvalue weighted by Crippen LogP contribution is -2.22. The second-order valence-electron chi connectivity index (χ2n) is 4.30. The molecule has 0 aliphatic carbocycles. The van der Waals surface area contributed by atoms with Crippen molar-refractivity contribution in [1.29, 1.82) is 0 Å². The number of aryl methyl sites for hydroxylation is 2. The summed E-state index contributed by atoms with van der Waals surface area (Å²) in [7, 11) is 0. The Morgan fingerprint density at radius 3 is 2.74 bits per heavy atom. The smallest absolute Gasteiger partial charge is 0.220 e. The molecule has 0 atom stereocenters. The number of hydrogen-bond donors (Lipinski definition) is 2. The normalized spacial score (nSPS) is 10.4. The van der Waals surface area contributed by atoms with E-state index in [0.717, 1.165) is 17.7 Å². The van der Waals surface area contributed by atoms with Gasteiger partial charge in [0.25, 0.3) is 0 Å². The topological polar surface area (TPSA) is 62.2 Å². The van der Waals surface area contributed by atoms with Gasteiger partial charge in [0.15, 0.2) is 0 Å². The molecule has 2 aromatic rings. The lowest BCUT2D eigenvalue weighted by atomic mass is 10.2. The fraction of sp³-hybridized carbons (Fsp3) is 0.286. The van der Waals surface area contributed by atoms with Gasteiger partial charge in [-0.1, -0.05) is 12.1 Å². The summed E-state index contributed by atoms with van der Waals surface area (Å²) in [5, 5.41) is 12.0. The fourth-order valence-electron chi connectivity index (χ4n) is 1.70. The summed E-state index contributed by atoms with van der Waals surface area (Å²) in [6, 6.07) is 6.82. The van der Waals surface area contributed by atoms with Gasteiger partial charge < -0.3 is 10.4 Å². The molecule has 100 valence electrons. The predicted molar refractivity (Wildman–Crippen MR) is 75.1 cm³/mol. The molecule has 1 amide bonds. The summed E-state index contributed by atoms with van der Waals surface area (Å²) in [5.41, 5.74) is 3.79. The zero-order chi connectivity index (χ0) is 13.7. The third kappa shape index (κ3) is 4.06. The van der Waals surface area contributed by atoms with E-state index < -0.39 is 0 Å². The standard InChI is InChI=1S/C14H16N2O2S/c1-10-13(19-9-16-10)6-7-14(18)15-8-11-2-4-12(17)5-3-11/h2-5,9,17H,6-8H2,1H3,(H,15,18). The largest absolute Gasteiger partial charge is 0.508 e. The number of amides is 1. The first-order valence-corrected chi connectivity index (χ1v) is 6.96. The number of benzene rings is 1. The van der Waals surface area contributed by atoms with Crippen LogP contribution < -0.4 is 5.32 Å². The van der Waals surface area contributed by atoms with Crippen molar-refractivity contribution in [3.63, 3.8) is 0 Å². The van der Waals surface area contributed by atoms with Gasteiger partial charge >= 0.3 is 0 Å². The molecule has 0 spiro atoms. The SMILES string of the molecule is Cc1ncsc1CCC(=O)NCc1ccc(O)cc1. The van der Waals surface area contributed by atoms with Crippen LogP contribution in [0.2, 0.25) is 0 Å². The molecular formula is C14H16N2O2S. The van der Waals surface area contributed by atoms with E-state index in [9.17, 15) is 4.79 Å². The Morgan fingerprint density at radius 2 is 2.11 bits per heavy atom. The molecule has 19 heavy (non-hydrogen) atoms. The molecule has 0 saturated carbocycles. The van der Waals surface area contributed by atoms with Gasteiger partial charge in [0.1, 0.15) is 5.75 Å². The number of rotatable bonds is 5. The van der Waals surface area contributed by atoms with Gasteiger partial charge in [-0.05, 0) is 31.0 Å². The summed E-state index contributed by atoms with van der Waals surface area (Å²) >= 11 is 1.59. The maximum atomic E-state index is 11.7. The number of carbonyl (C=O) groups is 1. The van der Waals surface area contributed by atoms with E-state index in [0.29, 0.717) is 13.0 Å². The summed E-state index contributed by atoms with van der Waals surface area (Å²) in [6.07, 6.45) is 1.21. The molecule has 0 bridgehead atoms. The second kappa shape index (κ2) is 6.33. The Morgan fingerprint density at radius 1 is 1.37 bits per heavy atom. The van der Waals surface area contributed by atoms with E-state index in [-0.39, 0.29) is 11.7 Å². The minimum Gasteiger partial charge on any atom is -0.508 e. The molecule has 2 rings (SSSR count). The van der Waals surface area contributed by atoms with E-state index in [1.54, 1.807) is 41.1 Å². The van der Waals surface area contributed by atoms with Crippen LogP contribution in [0.4, 0.5) is 0 Å². The van der Waals surface area contributed by atoms with Crippen LogP contribution in [0.3, 0.4) is 0 Å². The number of phenolic OH excluding ortho intramolecular Hbond substituents is 1. The molecule has 0 saturated heterocycles. The van der Waals surface area contributed by atoms with E-state index in [1.807, 2.05) is 6.92 Å². The molecule has 0 radical (unpaired) electrons. The van der Waals surface area contributed by atoms with Crippen LogP contribution in [-0.4, -0.2) is 16.0 Å². The lowest BCUT2D eigenvalue weighted by Gasteiger charge is -2.05. The third-order valence-corrected chi connectivity index (χ3v) is 3.84. The molecule has 2 N–H and O–H groups in total. The molecule has 1 aromatic carbocycles. The van der Waals surface area contributed by atoms with Crippen LogP contribution in [0.25, 0.3) is 0 Å². The Hall–Kier alpha value is -1.88. The van der Waals surface area contributed by atoms with E-state index in [4.69, 9.17) is 5.11 Å². The average Bonchev–Trinajstić information content (AvgIpc) is 2.81. The van der Waals surface area contributed by atoms with Crippen molar-refractivity contribution in [2.75, 3.05) is 0 Å². The highest BCUT2D eigenvalue weighted by molar-refractivity contribution is 7.09. The minimum atomic E-state index is 0.0286. The average molecular weight is 276 g/mol. The maximum absolute atomic E-state index is 11.7. The molecule has 1 aromatic heterocycles. The third-order valence-electron chi connectivity index (χ3n) is 2.85. The van der Waals surface area contributed by atoms with E-state index in [1.165, 1.54) is 4.88 Å². The fourth-order valence-corrected chi connectivity index (χ4v) is 2.48. The highest BCUT2D eigenvalue weighted by Gasteiger charge is 2.06. The van der Waals surface area contributed by atoms with Gasteiger partial charge in [-0.15, -0.1) is 11.3 Å². The maximum Gasteiger partial charge on any atom is 0.220 e. The highest BCUT2D eigenvalue weighted by atomic mass is 32.1. The summed E-state index contributed by atoms with van der Waals surface area (Å²) < 4.78 is 0. The van der Waals surface area contributed by atoms with Crippen LogP contribution >= 0.6 is 11.3 Å². The van der Waals surface area contributed by atoms with Crippen molar-refractivity contribution in [2.24, 2.45) is 0 Å². The summed E-state index contributed by atoms with van der Waals surface area (Å²) in [4.78, 5) is 17.0. The van der Waals surface area contributed by atoms with Gasteiger partial charge in [0.2, 0.25) is 5.91 Å². The first kappa shape index (κ1) is 13.5. The monoisotopic (exact) mass is 276 g/mol. The van der Waals surface area contributed by atoms with Crippen molar-refractivity contribution in [1.82, 2.24) is 10.3 Å². The van der Waals surface area contributed by atoms with Gasteiger partial charge in [-0.25, -0.2) is 4.98 Å². The number of phenols is 1. The molecule has 1 heterocycles. The Balaban J connectivity index is 1.76. The number of nitrogens with one attached hydrogen (secondary N) is 1. The zero-order valence-electron chi connectivity index (χ0n) is 10.7.